The van der Waals surface area contributed by atoms with Crippen LogP contribution in [0.25, 0.3) is 5.52 Å². The van der Waals surface area contributed by atoms with Crippen molar-refractivity contribution in [2.45, 2.75) is 47.0 Å². The molecule has 0 spiro atoms. The Kier molecular flexibility index (Phi) is 3.74. The predicted molar refractivity (Wildman–Crippen MR) is 77.8 cm³/mol. The maximum absolute atomic E-state index is 12.6. The Labute approximate surface area is 114 Å². The highest BCUT2D eigenvalue weighted by molar-refractivity contribution is 6.05. The normalized spacial score (nSPS) is 11.7. The minimum atomic E-state index is -0.00425. The van der Waals surface area contributed by atoms with Gasteiger partial charge in [-0.3, -0.25) is 4.79 Å². The van der Waals surface area contributed by atoms with E-state index in [0.29, 0.717) is 0 Å². The van der Waals surface area contributed by atoms with E-state index in [1.165, 1.54) is 5.56 Å². The van der Waals surface area contributed by atoms with Gasteiger partial charge in [-0.25, -0.2) is 4.52 Å². The van der Waals surface area contributed by atoms with Gasteiger partial charge in [0.05, 0.1) is 16.8 Å². The fourth-order valence-corrected chi connectivity index (χ4v) is 2.41. The lowest BCUT2D eigenvalue weighted by Gasteiger charge is -2.09. The van der Waals surface area contributed by atoms with Crippen molar-refractivity contribution < 1.29 is 4.79 Å². The smallest absolute Gasteiger partial charge is 0.169 e. The number of carbonyl (C=O) groups excluding carboxylic acids is 1. The molecule has 0 aliphatic heterocycles. The summed E-state index contributed by atoms with van der Waals surface area (Å²) in [6.45, 7) is 10.2. The van der Waals surface area contributed by atoms with Crippen molar-refractivity contribution in [1.82, 2.24) is 9.61 Å². The third-order valence-corrected chi connectivity index (χ3v) is 3.46. The average molecular weight is 258 g/mol. The van der Waals surface area contributed by atoms with Gasteiger partial charge < -0.3 is 0 Å². The Hall–Kier alpha value is -1.64. The molecule has 0 bridgehead atoms. The van der Waals surface area contributed by atoms with Crippen LogP contribution in [0.2, 0.25) is 0 Å². The number of hydrogen-bond donors (Lipinski definition) is 0. The van der Waals surface area contributed by atoms with E-state index >= 15 is 0 Å². The van der Waals surface area contributed by atoms with Gasteiger partial charge in [0.2, 0.25) is 0 Å². The number of nitrogens with zero attached hydrogens (tertiary/aromatic N) is 2. The fourth-order valence-electron chi connectivity index (χ4n) is 2.41. The quantitative estimate of drug-likeness (QED) is 0.780. The number of carbonyl (C=O) groups is 1. The first kappa shape index (κ1) is 13.8. The van der Waals surface area contributed by atoms with Gasteiger partial charge in [-0.2, -0.15) is 5.10 Å². The summed E-state index contributed by atoms with van der Waals surface area (Å²) in [7, 11) is 0. The summed E-state index contributed by atoms with van der Waals surface area (Å²) in [4.78, 5) is 12.6. The fraction of sp³-hybridized carbons (Fsp3) is 0.500. The molecule has 2 aromatic rings. The SMILES string of the molecule is CCc1cccn2nc(C(C)C)c(C(=O)C(C)C)c12. The van der Waals surface area contributed by atoms with Crippen LogP contribution in [0.1, 0.15) is 62.2 Å². The summed E-state index contributed by atoms with van der Waals surface area (Å²) in [5.41, 5.74) is 3.92. The molecule has 0 amide bonds. The Morgan fingerprint density at radius 3 is 2.53 bits per heavy atom. The summed E-state index contributed by atoms with van der Waals surface area (Å²) < 4.78 is 1.86. The predicted octanol–water partition coefficient (Wildman–Crippen LogP) is 3.86. The van der Waals surface area contributed by atoms with Crippen LogP contribution in [0.3, 0.4) is 0 Å². The molecule has 0 radical (unpaired) electrons. The molecule has 0 saturated carbocycles. The molecule has 0 aliphatic carbocycles. The van der Waals surface area contributed by atoms with Gasteiger partial charge >= 0.3 is 0 Å². The highest BCUT2D eigenvalue weighted by Crippen LogP contribution is 2.27. The Morgan fingerprint density at radius 1 is 1.32 bits per heavy atom. The number of hydrogen-bond acceptors (Lipinski definition) is 2. The molecule has 0 unspecified atom stereocenters. The summed E-state index contributed by atoms with van der Waals surface area (Å²) in [5, 5.41) is 4.62. The number of fused-ring (bicyclic) bond motifs is 1. The molecule has 19 heavy (non-hydrogen) atoms. The zero-order valence-electron chi connectivity index (χ0n) is 12.4. The summed E-state index contributed by atoms with van der Waals surface area (Å²) in [6.07, 6.45) is 2.84. The standard InChI is InChI=1S/C16H22N2O/c1-6-12-8-7-9-18-15(12)13(16(19)11(4)5)14(17-18)10(2)3/h7-11H,6H2,1-5H3. The number of Topliss-reactive ketones (excluding diaryl/α,β-unsaturated/α-hetero) is 1. The molecular weight excluding hydrogens is 236 g/mol. The van der Waals surface area contributed by atoms with Crippen molar-refractivity contribution in [2.75, 3.05) is 0 Å². The first-order valence-corrected chi connectivity index (χ1v) is 7.01. The van der Waals surface area contributed by atoms with Crippen LogP contribution in [0.4, 0.5) is 0 Å². The zero-order chi connectivity index (χ0) is 14.2. The topological polar surface area (TPSA) is 34.4 Å². The molecule has 2 heterocycles. The lowest BCUT2D eigenvalue weighted by Crippen LogP contribution is -2.11. The number of rotatable bonds is 4. The number of aromatic nitrogens is 2. The van der Waals surface area contributed by atoms with Crippen LogP contribution in [-0.2, 0) is 6.42 Å². The van der Waals surface area contributed by atoms with E-state index in [9.17, 15) is 4.79 Å². The van der Waals surface area contributed by atoms with Crippen LogP contribution in [-0.4, -0.2) is 15.4 Å². The van der Waals surface area contributed by atoms with Crippen molar-refractivity contribution >= 4 is 11.3 Å². The molecule has 0 N–H and O–H groups in total. The maximum Gasteiger partial charge on any atom is 0.169 e. The maximum atomic E-state index is 12.6. The van der Waals surface area contributed by atoms with Gasteiger partial charge in [-0.05, 0) is 24.0 Å². The van der Waals surface area contributed by atoms with E-state index in [0.717, 1.165) is 23.2 Å². The molecule has 102 valence electrons. The third-order valence-electron chi connectivity index (χ3n) is 3.46. The lowest BCUT2D eigenvalue weighted by molar-refractivity contribution is 0.0939. The Bertz CT molecular complexity index is 608. The van der Waals surface area contributed by atoms with Crippen LogP contribution in [0, 0.1) is 5.92 Å². The molecule has 0 aromatic carbocycles. The van der Waals surface area contributed by atoms with E-state index in [2.05, 4.69) is 31.9 Å². The first-order chi connectivity index (χ1) is 8.97. The van der Waals surface area contributed by atoms with Crippen molar-refractivity contribution in [3.63, 3.8) is 0 Å². The van der Waals surface area contributed by atoms with Gasteiger partial charge in [0, 0.05) is 12.1 Å². The molecule has 2 aromatic heterocycles. The molecule has 3 heteroatoms. The van der Waals surface area contributed by atoms with Crippen LogP contribution >= 0.6 is 0 Å². The van der Waals surface area contributed by atoms with Gasteiger partial charge in [-0.15, -0.1) is 0 Å². The molecule has 2 rings (SSSR count). The van der Waals surface area contributed by atoms with E-state index in [1.807, 2.05) is 30.6 Å². The average Bonchev–Trinajstić information content (AvgIpc) is 2.76. The molecule has 0 atom stereocenters. The highest BCUT2D eigenvalue weighted by atomic mass is 16.1. The van der Waals surface area contributed by atoms with Crippen molar-refractivity contribution in [3.8, 4) is 0 Å². The summed E-state index contributed by atoms with van der Waals surface area (Å²) in [5.74, 6) is 0.442. The number of pyridine rings is 1. The molecule has 0 aliphatic rings. The largest absolute Gasteiger partial charge is 0.294 e. The van der Waals surface area contributed by atoms with Crippen LogP contribution < -0.4 is 0 Å². The lowest BCUT2D eigenvalue weighted by atomic mass is 9.94. The van der Waals surface area contributed by atoms with Crippen molar-refractivity contribution in [2.24, 2.45) is 5.92 Å². The second-order valence-corrected chi connectivity index (χ2v) is 5.61. The molecule has 0 saturated heterocycles. The number of aryl methyl sites for hydroxylation is 1. The molecule has 3 nitrogen and oxygen atoms in total. The van der Waals surface area contributed by atoms with Gasteiger partial charge in [0.15, 0.2) is 5.78 Å². The minimum Gasteiger partial charge on any atom is -0.294 e. The van der Waals surface area contributed by atoms with Crippen molar-refractivity contribution in [1.29, 1.82) is 0 Å². The second kappa shape index (κ2) is 5.16. The van der Waals surface area contributed by atoms with Crippen molar-refractivity contribution in [3.05, 3.63) is 35.2 Å². The van der Waals surface area contributed by atoms with Gasteiger partial charge in [-0.1, -0.05) is 40.7 Å². The Balaban J connectivity index is 2.82. The number of ketones is 1. The van der Waals surface area contributed by atoms with E-state index in [-0.39, 0.29) is 17.6 Å². The monoisotopic (exact) mass is 258 g/mol. The van der Waals surface area contributed by atoms with Gasteiger partial charge in [0.25, 0.3) is 0 Å². The van der Waals surface area contributed by atoms with E-state index in [1.54, 1.807) is 0 Å². The first-order valence-electron chi connectivity index (χ1n) is 7.01. The van der Waals surface area contributed by atoms with Crippen LogP contribution in [0.15, 0.2) is 18.3 Å². The molecule has 0 fully saturated rings. The van der Waals surface area contributed by atoms with E-state index < -0.39 is 0 Å². The Morgan fingerprint density at radius 2 is 2.00 bits per heavy atom. The van der Waals surface area contributed by atoms with Gasteiger partial charge in [0.1, 0.15) is 0 Å². The second-order valence-electron chi connectivity index (χ2n) is 5.61. The van der Waals surface area contributed by atoms with Crippen LogP contribution in [0.5, 0.6) is 0 Å². The highest BCUT2D eigenvalue weighted by Gasteiger charge is 2.24. The summed E-state index contributed by atoms with van der Waals surface area (Å²) >= 11 is 0. The molecular formula is C16H22N2O. The zero-order valence-corrected chi connectivity index (χ0v) is 12.4. The third kappa shape index (κ3) is 2.29. The summed E-state index contributed by atoms with van der Waals surface area (Å²) in [6, 6.07) is 4.07. The van der Waals surface area contributed by atoms with E-state index in [4.69, 9.17) is 0 Å². The minimum absolute atomic E-state index is 0.00425.